The van der Waals surface area contributed by atoms with Gasteiger partial charge in [0.25, 0.3) is 5.82 Å². The lowest BCUT2D eigenvalue weighted by Crippen LogP contribution is -2.25. The van der Waals surface area contributed by atoms with Crippen LogP contribution in [0.1, 0.15) is 33.6 Å². The number of hydrogen-bond acceptors (Lipinski definition) is 5. The minimum Gasteiger partial charge on any atom is -0.364 e. The van der Waals surface area contributed by atoms with Crippen molar-refractivity contribution in [2.75, 3.05) is 11.9 Å². The summed E-state index contributed by atoms with van der Waals surface area (Å²) in [6.07, 6.45) is -3.68. The normalized spacial score (nSPS) is 14.4. The fraction of sp³-hybridized carbons (Fsp3) is 0.389. The highest BCUT2D eigenvalue weighted by molar-refractivity contribution is 5.58. The number of nitrogens with one attached hydrogen (secondary N) is 2. The second-order valence-electron chi connectivity index (χ2n) is 6.69. The van der Waals surface area contributed by atoms with Gasteiger partial charge in [0.05, 0.1) is 0 Å². The predicted molar refractivity (Wildman–Crippen MR) is 94.4 cm³/mol. The van der Waals surface area contributed by atoms with Crippen LogP contribution in [0.2, 0.25) is 0 Å². The van der Waals surface area contributed by atoms with Gasteiger partial charge in [-0.3, -0.25) is 0 Å². The van der Waals surface area contributed by atoms with Crippen LogP contribution in [0, 0.1) is 13.8 Å². The molecule has 0 fully saturated rings. The molecule has 9 heteroatoms. The molecule has 3 aromatic rings. The Hall–Kier alpha value is -2.68. The maximum absolute atomic E-state index is 13.2. The minimum atomic E-state index is -4.61. The predicted octanol–water partition coefficient (Wildman–Crippen LogP) is 3.02. The second kappa shape index (κ2) is 6.49. The molecular formula is C18H19F3N6. The number of benzene rings is 1. The minimum absolute atomic E-state index is 0.119. The van der Waals surface area contributed by atoms with Crippen LogP contribution in [-0.4, -0.2) is 26.4 Å². The van der Waals surface area contributed by atoms with Crippen molar-refractivity contribution in [3.05, 3.63) is 51.8 Å². The zero-order valence-corrected chi connectivity index (χ0v) is 15.0. The average Bonchev–Trinajstić information content (AvgIpc) is 3.08. The van der Waals surface area contributed by atoms with Gasteiger partial charge in [-0.05, 0) is 49.1 Å². The van der Waals surface area contributed by atoms with E-state index in [1.54, 1.807) is 6.92 Å². The zero-order valence-electron chi connectivity index (χ0n) is 15.0. The fourth-order valence-corrected chi connectivity index (χ4v) is 3.43. The topological polar surface area (TPSA) is 67.1 Å². The molecule has 1 aromatic carbocycles. The van der Waals surface area contributed by atoms with E-state index in [1.165, 1.54) is 11.1 Å². The van der Waals surface area contributed by atoms with Crippen LogP contribution < -0.4 is 10.6 Å². The lowest BCUT2D eigenvalue weighted by atomic mass is 9.95. The van der Waals surface area contributed by atoms with Crippen LogP contribution >= 0.6 is 0 Å². The number of hydrogen-bond donors (Lipinski definition) is 2. The monoisotopic (exact) mass is 376 g/mol. The highest BCUT2D eigenvalue weighted by atomic mass is 19.4. The molecule has 2 aromatic heterocycles. The summed E-state index contributed by atoms with van der Waals surface area (Å²) < 4.78 is 40.3. The van der Waals surface area contributed by atoms with Gasteiger partial charge in [-0.1, -0.05) is 18.2 Å². The summed E-state index contributed by atoms with van der Waals surface area (Å²) >= 11 is 0. The number of anilines is 1. The highest BCUT2D eigenvalue weighted by Crippen LogP contribution is 2.30. The van der Waals surface area contributed by atoms with Crippen molar-refractivity contribution in [3.8, 4) is 0 Å². The third-order valence-corrected chi connectivity index (χ3v) is 5.03. The molecule has 2 N–H and O–H groups in total. The van der Waals surface area contributed by atoms with Crippen molar-refractivity contribution in [2.24, 2.45) is 0 Å². The van der Waals surface area contributed by atoms with Gasteiger partial charge in [0, 0.05) is 18.7 Å². The molecule has 0 atom stereocenters. The molecule has 0 unspecified atom stereocenters. The lowest BCUT2D eigenvalue weighted by molar-refractivity contribution is -0.146. The van der Waals surface area contributed by atoms with Gasteiger partial charge in [0.15, 0.2) is 11.5 Å². The van der Waals surface area contributed by atoms with E-state index in [0.29, 0.717) is 17.9 Å². The molecule has 3 heterocycles. The van der Waals surface area contributed by atoms with E-state index in [2.05, 4.69) is 32.0 Å². The van der Waals surface area contributed by atoms with E-state index >= 15 is 0 Å². The Labute approximate surface area is 153 Å². The summed E-state index contributed by atoms with van der Waals surface area (Å²) in [5, 5.41) is 17.6. The van der Waals surface area contributed by atoms with Crippen molar-refractivity contribution in [1.29, 1.82) is 0 Å². The number of halogens is 3. The molecule has 4 rings (SSSR count). The van der Waals surface area contributed by atoms with Crippen LogP contribution in [0.4, 0.5) is 19.0 Å². The van der Waals surface area contributed by atoms with Crippen LogP contribution in [0.15, 0.2) is 18.2 Å². The van der Waals surface area contributed by atoms with Gasteiger partial charge in [-0.2, -0.15) is 17.7 Å². The van der Waals surface area contributed by atoms with Crippen molar-refractivity contribution < 1.29 is 13.2 Å². The molecule has 0 spiro atoms. The molecule has 6 nitrogen and oxygen atoms in total. The molecule has 1 aliphatic rings. The van der Waals surface area contributed by atoms with E-state index in [9.17, 15) is 13.2 Å². The average molecular weight is 376 g/mol. The first-order chi connectivity index (χ1) is 12.9. The Morgan fingerprint density at radius 3 is 2.78 bits per heavy atom. The molecule has 0 saturated carbocycles. The largest absolute Gasteiger partial charge is 0.453 e. The quantitative estimate of drug-likeness (QED) is 0.736. The molecule has 0 saturated heterocycles. The molecule has 142 valence electrons. The first kappa shape index (κ1) is 17.7. The molecule has 0 bridgehead atoms. The van der Waals surface area contributed by atoms with Crippen molar-refractivity contribution in [1.82, 2.24) is 25.1 Å². The smallest absolute Gasteiger partial charge is 0.364 e. The summed E-state index contributed by atoms with van der Waals surface area (Å²) in [5.41, 5.74) is 5.18. The fourth-order valence-electron chi connectivity index (χ4n) is 3.43. The van der Waals surface area contributed by atoms with Gasteiger partial charge in [-0.15, -0.1) is 15.3 Å². The van der Waals surface area contributed by atoms with E-state index < -0.39 is 12.0 Å². The maximum atomic E-state index is 13.2. The summed E-state index contributed by atoms with van der Waals surface area (Å²) in [4.78, 5) is 0. The van der Waals surface area contributed by atoms with Crippen molar-refractivity contribution >= 4 is 11.5 Å². The zero-order chi connectivity index (χ0) is 19.2. The maximum Gasteiger partial charge on any atom is 0.453 e. The Morgan fingerprint density at radius 1 is 1.19 bits per heavy atom. The Morgan fingerprint density at radius 2 is 2.00 bits per heavy atom. The third-order valence-electron chi connectivity index (χ3n) is 5.03. The van der Waals surface area contributed by atoms with Gasteiger partial charge >= 0.3 is 6.18 Å². The summed E-state index contributed by atoms with van der Waals surface area (Å²) in [6.45, 7) is 5.79. The second-order valence-corrected chi connectivity index (χ2v) is 6.69. The SMILES string of the molecule is Cc1c(NCc2cccc3c2CCNC3)nn2c(C(F)(F)F)nnc2c1C. The number of aromatic nitrogens is 4. The Kier molecular flexibility index (Phi) is 4.26. The molecular weight excluding hydrogens is 357 g/mol. The van der Waals surface area contributed by atoms with Gasteiger partial charge in [-0.25, -0.2) is 0 Å². The van der Waals surface area contributed by atoms with E-state index in [4.69, 9.17) is 0 Å². The first-order valence-corrected chi connectivity index (χ1v) is 8.70. The van der Waals surface area contributed by atoms with Crippen LogP contribution in [0.3, 0.4) is 0 Å². The van der Waals surface area contributed by atoms with Crippen LogP contribution in [-0.2, 0) is 25.7 Å². The number of fused-ring (bicyclic) bond motifs is 2. The molecule has 0 radical (unpaired) electrons. The van der Waals surface area contributed by atoms with E-state index in [1.807, 2.05) is 19.1 Å². The molecule has 0 amide bonds. The molecule has 0 aliphatic carbocycles. The van der Waals surface area contributed by atoms with E-state index in [0.717, 1.165) is 35.2 Å². The molecule has 27 heavy (non-hydrogen) atoms. The van der Waals surface area contributed by atoms with Gasteiger partial charge in [0.2, 0.25) is 0 Å². The Bertz CT molecular complexity index is 1010. The first-order valence-electron chi connectivity index (χ1n) is 8.70. The van der Waals surface area contributed by atoms with Gasteiger partial charge < -0.3 is 10.6 Å². The highest BCUT2D eigenvalue weighted by Gasteiger charge is 2.38. The van der Waals surface area contributed by atoms with Gasteiger partial charge in [0.1, 0.15) is 0 Å². The summed E-state index contributed by atoms with van der Waals surface area (Å²) in [5.74, 6) is -0.719. The van der Waals surface area contributed by atoms with Crippen LogP contribution in [0.5, 0.6) is 0 Å². The number of alkyl halides is 3. The van der Waals surface area contributed by atoms with Crippen molar-refractivity contribution in [2.45, 2.75) is 39.5 Å². The van der Waals surface area contributed by atoms with E-state index in [-0.39, 0.29) is 5.65 Å². The van der Waals surface area contributed by atoms with Crippen molar-refractivity contribution in [3.63, 3.8) is 0 Å². The number of rotatable bonds is 3. The summed E-state index contributed by atoms with van der Waals surface area (Å²) in [6, 6.07) is 6.13. The lowest BCUT2D eigenvalue weighted by Gasteiger charge is -2.21. The summed E-state index contributed by atoms with van der Waals surface area (Å²) in [7, 11) is 0. The third kappa shape index (κ3) is 3.12. The van der Waals surface area contributed by atoms with Crippen LogP contribution in [0.25, 0.3) is 5.65 Å². The molecule has 1 aliphatic heterocycles. The number of aryl methyl sites for hydroxylation is 1. The number of nitrogens with zero attached hydrogens (tertiary/aromatic N) is 4. The standard InChI is InChI=1S/C18H19F3N6/c1-10-11(2)16-24-25-17(18(19,20)21)27(16)26-15(10)23-9-13-5-3-4-12-8-22-7-6-14(12)13/h3-5,22H,6-9H2,1-2H3,(H,23,26). The Balaban J connectivity index is 1.69.